The van der Waals surface area contributed by atoms with Crippen molar-refractivity contribution in [1.82, 2.24) is 24.5 Å². The second kappa shape index (κ2) is 7.81. The lowest BCUT2D eigenvalue weighted by molar-refractivity contribution is -0.131. The molecule has 9 heteroatoms. The fraction of sp³-hybridized carbons (Fsp3) is 0.429. The van der Waals surface area contributed by atoms with E-state index in [9.17, 15) is 4.79 Å². The molecule has 0 unspecified atom stereocenters. The van der Waals surface area contributed by atoms with Crippen molar-refractivity contribution < 1.29 is 14.3 Å². The summed E-state index contributed by atoms with van der Waals surface area (Å²) in [6.07, 6.45) is 2.25. The Morgan fingerprint density at radius 3 is 2.67 bits per heavy atom. The van der Waals surface area contributed by atoms with Gasteiger partial charge < -0.3 is 20.1 Å². The third-order valence-electron chi connectivity index (χ3n) is 5.53. The first kappa shape index (κ1) is 19.9. The van der Waals surface area contributed by atoms with Crippen LogP contribution in [-0.2, 0) is 17.8 Å². The normalized spacial score (nSPS) is 13.5. The Morgan fingerprint density at radius 2 is 2.00 bits per heavy atom. The Kier molecular flexibility index (Phi) is 5.19. The van der Waals surface area contributed by atoms with Gasteiger partial charge in [0.2, 0.25) is 11.9 Å². The molecule has 158 valence electrons. The van der Waals surface area contributed by atoms with Crippen LogP contribution in [0.1, 0.15) is 35.4 Å². The number of nitrogens with two attached hydrogens (primary N) is 1. The molecule has 2 heterocycles. The summed E-state index contributed by atoms with van der Waals surface area (Å²) in [7, 11) is 3.26. The molecule has 2 aromatic heterocycles. The maximum absolute atomic E-state index is 13.4. The Labute approximate surface area is 174 Å². The van der Waals surface area contributed by atoms with Gasteiger partial charge in [-0.2, -0.15) is 9.50 Å². The number of amides is 1. The van der Waals surface area contributed by atoms with Crippen LogP contribution in [0.4, 0.5) is 5.95 Å². The van der Waals surface area contributed by atoms with Crippen molar-refractivity contribution >= 4 is 17.6 Å². The zero-order chi connectivity index (χ0) is 21.4. The first-order chi connectivity index (χ1) is 14.4. The van der Waals surface area contributed by atoms with Crippen molar-refractivity contribution in [3.8, 4) is 11.5 Å². The van der Waals surface area contributed by atoms with Gasteiger partial charge in [-0.25, -0.2) is 4.98 Å². The number of methoxy groups -OCH3 is 2. The molecule has 1 fully saturated rings. The molecule has 3 aromatic rings. The molecule has 4 rings (SSSR count). The van der Waals surface area contributed by atoms with Crippen molar-refractivity contribution in [2.24, 2.45) is 0 Å². The van der Waals surface area contributed by atoms with Crippen LogP contribution in [0.5, 0.6) is 11.5 Å². The van der Waals surface area contributed by atoms with Crippen LogP contribution in [0.15, 0.2) is 18.2 Å². The Balaban J connectivity index is 1.62. The van der Waals surface area contributed by atoms with E-state index < -0.39 is 0 Å². The molecule has 30 heavy (non-hydrogen) atoms. The first-order valence-electron chi connectivity index (χ1n) is 9.90. The average Bonchev–Trinajstić information content (AvgIpc) is 3.50. The molecule has 0 aliphatic heterocycles. The van der Waals surface area contributed by atoms with Gasteiger partial charge in [0, 0.05) is 35.1 Å². The molecule has 9 nitrogen and oxygen atoms in total. The second-order valence-electron chi connectivity index (χ2n) is 7.55. The number of hydrogen-bond donors (Lipinski definition) is 1. The van der Waals surface area contributed by atoms with Crippen LogP contribution in [0.3, 0.4) is 0 Å². The largest absolute Gasteiger partial charge is 0.497 e. The minimum Gasteiger partial charge on any atom is -0.497 e. The number of benzene rings is 1. The van der Waals surface area contributed by atoms with Crippen LogP contribution in [0.25, 0.3) is 5.78 Å². The Morgan fingerprint density at radius 1 is 1.23 bits per heavy atom. The molecule has 0 bridgehead atoms. The van der Waals surface area contributed by atoms with Gasteiger partial charge in [0.25, 0.3) is 5.78 Å². The molecule has 0 saturated heterocycles. The maximum atomic E-state index is 13.4. The maximum Gasteiger partial charge on any atom is 0.254 e. The van der Waals surface area contributed by atoms with Crippen LogP contribution >= 0.6 is 0 Å². The highest BCUT2D eigenvalue weighted by Crippen LogP contribution is 2.32. The highest BCUT2D eigenvalue weighted by molar-refractivity contribution is 5.80. The van der Waals surface area contributed by atoms with Gasteiger partial charge in [0.15, 0.2) is 0 Å². The molecule has 1 aromatic carbocycles. The van der Waals surface area contributed by atoms with E-state index in [4.69, 9.17) is 15.2 Å². The number of rotatable bonds is 7. The Hall–Kier alpha value is -3.36. The highest BCUT2D eigenvalue weighted by Gasteiger charge is 2.33. The number of aromatic nitrogens is 4. The lowest BCUT2D eigenvalue weighted by Gasteiger charge is -2.24. The number of nitrogens with zero attached hydrogens (tertiary/aromatic N) is 5. The molecular weight excluding hydrogens is 384 g/mol. The molecule has 1 amide bonds. The van der Waals surface area contributed by atoms with Gasteiger partial charge in [-0.1, -0.05) is 0 Å². The summed E-state index contributed by atoms with van der Waals surface area (Å²) in [5.41, 5.74) is 9.06. The van der Waals surface area contributed by atoms with Crippen LogP contribution in [0.2, 0.25) is 0 Å². The number of nitrogen functional groups attached to an aromatic ring is 1. The van der Waals surface area contributed by atoms with E-state index in [1.165, 1.54) is 0 Å². The van der Waals surface area contributed by atoms with Gasteiger partial charge in [0.1, 0.15) is 11.5 Å². The van der Waals surface area contributed by atoms with Crippen molar-refractivity contribution in [2.45, 2.75) is 45.7 Å². The average molecular weight is 410 g/mol. The van der Waals surface area contributed by atoms with Gasteiger partial charge in [-0.3, -0.25) is 4.79 Å². The van der Waals surface area contributed by atoms with Gasteiger partial charge >= 0.3 is 0 Å². The number of carbonyl (C=O) groups excluding carboxylic acids is 1. The topological polar surface area (TPSA) is 108 Å². The van der Waals surface area contributed by atoms with E-state index in [-0.39, 0.29) is 24.3 Å². The predicted molar refractivity (Wildman–Crippen MR) is 111 cm³/mol. The summed E-state index contributed by atoms with van der Waals surface area (Å²) >= 11 is 0. The van der Waals surface area contributed by atoms with Crippen molar-refractivity contribution in [3.05, 3.63) is 40.7 Å². The van der Waals surface area contributed by atoms with Crippen molar-refractivity contribution in [3.63, 3.8) is 0 Å². The smallest absolute Gasteiger partial charge is 0.254 e. The number of hydrogen-bond acceptors (Lipinski definition) is 7. The minimum atomic E-state index is 0.0443. The lowest BCUT2D eigenvalue weighted by atomic mass is 10.1. The summed E-state index contributed by atoms with van der Waals surface area (Å²) in [6, 6.07) is 5.88. The molecule has 0 spiro atoms. The summed E-state index contributed by atoms with van der Waals surface area (Å²) in [6.45, 7) is 4.26. The Bertz CT molecular complexity index is 1110. The van der Waals surface area contributed by atoms with Crippen LogP contribution in [-0.4, -0.2) is 50.7 Å². The van der Waals surface area contributed by atoms with E-state index in [0.29, 0.717) is 12.3 Å². The van der Waals surface area contributed by atoms with Crippen molar-refractivity contribution in [2.75, 3.05) is 20.0 Å². The van der Waals surface area contributed by atoms with Gasteiger partial charge in [-0.15, -0.1) is 5.10 Å². The SMILES string of the molecule is COc1ccc(OC)c(CN(C(=O)Cc2c(C)nc3nc(N)nn3c2C)C2CC2)c1. The predicted octanol–water partition coefficient (Wildman–Crippen LogP) is 2.07. The summed E-state index contributed by atoms with van der Waals surface area (Å²) in [5.74, 6) is 2.13. The molecule has 0 radical (unpaired) electrons. The fourth-order valence-electron chi connectivity index (χ4n) is 3.73. The molecule has 1 aliphatic rings. The molecular formula is C21H26N6O3. The monoisotopic (exact) mass is 410 g/mol. The number of ether oxygens (including phenoxy) is 2. The molecule has 0 atom stereocenters. The van der Waals surface area contributed by atoms with E-state index >= 15 is 0 Å². The fourth-order valence-corrected chi connectivity index (χ4v) is 3.73. The molecule has 1 aliphatic carbocycles. The summed E-state index contributed by atoms with van der Waals surface area (Å²) < 4.78 is 12.4. The third kappa shape index (κ3) is 3.74. The molecule has 1 saturated carbocycles. The van der Waals surface area contributed by atoms with Crippen LogP contribution < -0.4 is 15.2 Å². The third-order valence-corrected chi connectivity index (χ3v) is 5.53. The number of carbonyl (C=O) groups is 1. The van der Waals surface area contributed by atoms with E-state index in [1.807, 2.05) is 36.9 Å². The van der Waals surface area contributed by atoms with Gasteiger partial charge in [0.05, 0.1) is 20.6 Å². The van der Waals surface area contributed by atoms with E-state index in [1.54, 1.807) is 18.7 Å². The van der Waals surface area contributed by atoms with Crippen LogP contribution in [0, 0.1) is 13.8 Å². The standard InChI is InChI=1S/C21H26N6O3/c1-12-17(13(2)27-21(23-12)24-20(22)25-27)10-19(28)26(15-5-6-15)11-14-9-16(29-3)7-8-18(14)30-4/h7-9,15H,5-6,10-11H2,1-4H3,(H2,22,25). The summed E-state index contributed by atoms with van der Waals surface area (Å²) in [5, 5.41) is 4.19. The quantitative estimate of drug-likeness (QED) is 0.635. The highest BCUT2D eigenvalue weighted by atomic mass is 16.5. The van der Waals surface area contributed by atoms with E-state index in [0.717, 1.165) is 46.9 Å². The zero-order valence-electron chi connectivity index (χ0n) is 17.7. The second-order valence-corrected chi connectivity index (χ2v) is 7.55. The molecule has 2 N–H and O–H groups in total. The summed E-state index contributed by atoms with van der Waals surface area (Å²) in [4.78, 5) is 23.9. The zero-order valence-corrected chi connectivity index (χ0v) is 17.7. The number of aryl methyl sites for hydroxylation is 2. The number of anilines is 1. The minimum absolute atomic E-state index is 0.0443. The van der Waals surface area contributed by atoms with Crippen molar-refractivity contribution in [1.29, 1.82) is 0 Å². The lowest BCUT2D eigenvalue weighted by Crippen LogP contribution is -2.34. The number of fused-ring (bicyclic) bond motifs is 1. The van der Waals surface area contributed by atoms with Gasteiger partial charge in [-0.05, 0) is 44.9 Å². The van der Waals surface area contributed by atoms with E-state index in [2.05, 4.69) is 15.1 Å². The first-order valence-corrected chi connectivity index (χ1v) is 9.90.